The predicted octanol–water partition coefficient (Wildman–Crippen LogP) is 3.85. The molecule has 2 atom stereocenters. The Morgan fingerprint density at radius 3 is 2.56 bits per heavy atom. The largest absolute Gasteiger partial charge is 0.302 e. The topological polar surface area (TPSA) is 24.9 Å². The van der Waals surface area contributed by atoms with Crippen LogP contribution in [-0.2, 0) is 5.54 Å². The molecule has 1 aromatic rings. The first-order valence-electron chi connectivity index (χ1n) is 7.12. The molecule has 1 heterocycles. The van der Waals surface area contributed by atoms with Gasteiger partial charge in [0.05, 0.1) is 5.54 Å². The van der Waals surface area contributed by atoms with Crippen LogP contribution in [-0.4, -0.2) is 11.0 Å². The van der Waals surface area contributed by atoms with Crippen LogP contribution in [0.25, 0.3) is 0 Å². The molecule has 0 bridgehead atoms. The summed E-state index contributed by atoms with van der Waals surface area (Å²) >= 11 is 1.85. The Kier molecular flexibility index (Phi) is 2.83. The van der Waals surface area contributed by atoms with E-state index in [2.05, 4.69) is 38.4 Å². The fourth-order valence-electron chi connectivity index (χ4n) is 3.70. The molecule has 0 spiro atoms. The lowest BCUT2D eigenvalue weighted by Gasteiger charge is -2.34. The fraction of sp³-hybridized carbons (Fsp3) is 0.800. The van der Waals surface area contributed by atoms with E-state index in [1.165, 1.54) is 36.4 Å². The molecule has 100 valence electrons. The van der Waals surface area contributed by atoms with Gasteiger partial charge in [0.1, 0.15) is 5.01 Å². The Morgan fingerprint density at radius 2 is 2.11 bits per heavy atom. The molecule has 2 fully saturated rings. The zero-order valence-corrected chi connectivity index (χ0v) is 12.7. The van der Waals surface area contributed by atoms with E-state index in [1.807, 2.05) is 11.3 Å². The first kappa shape index (κ1) is 12.6. The van der Waals surface area contributed by atoms with Gasteiger partial charge in [0.15, 0.2) is 0 Å². The number of nitrogens with one attached hydrogen (secondary N) is 1. The Morgan fingerprint density at radius 1 is 1.39 bits per heavy atom. The van der Waals surface area contributed by atoms with Crippen molar-refractivity contribution >= 4 is 11.3 Å². The van der Waals surface area contributed by atoms with E-state index in [4.69, 9.17) is 4.98 Å². The third-order valence-electron chi connectivity index (χ3n) is 4.50. The van der Waals surface area contributed by atoms with E-state index in [9.17, 15) is 0 Å². The van der Waals surface area contributed by atoms with Crippen LogP contribution in [0.3, 0.4) is 0 Å². The Labute approximate surface area is 114 Å². The van der Waals surface area contributed by atoms with Crippen LogP contribution in [0.1, 0.15) is 57.2 Å². The van der Waals surface area contributed by atoms with Crippen LogP contribution in [0, 0.1) is 18.3 Å². The second kappa shape index (κ2) is 4.04. The van der Waals surface area contributed by atoms with Gasteiger partial charge >= 0.3 is 0 Å². The lowest BCUT2D eigenvalue weighted by atomic mass is 9.86. The maximum atomic E-state index is 4.82. The first-order chi connectivity index (χ1) is 8.41. The van der Waals surface area contributed by atoms with Gasteiger partial charge in [-0.15, -0.1) is 11.3 Å². The van der Waals surface area contributed by atoms with Crippen molar-refractivity contribution in [2.75, 3.05) is 0 Å². The molecule has 2 aliphatic carbocycles. The van der Waals surface area contributed by atoms with Crippen LogP contribution in [0.15, 0.2) is 5.38 Å². The highest BCUT2D eigenvalue weighted by atomic mass is 32.1. The van der Waals surface area contributed by atoms with Gasteiger partial charge in [-0.05, 0) is 43.9 Å². The number of aromatic nitrogens is 1. The molecule has 3 heteroatoms. The highest BCUT2D eigenvalue weighted by Crippen LogP contribution is 2.54. The fourth-order valence-corrected chi connectivity index (χ4v) is 4.77. The summed E-state index contributed by atoms with van der Waals surface area (Å²) in [5, 5.41) is 7.47. The van der Waals surface area contributed by atoms with E-state index < -0.39 is 0 Å². The van der Waals surface area contributed by atoms with Crippen LogP contribution in [0.4, 0.5) is 0 Å². The molecule has 3 rings (SSSR count). The lowest BCUT2D eigenvalue weighted by molar-refractivity contribution is 0.247. The highest BCUT2D eigenvalue weighted by molar-refractivity contribution is 7.09. The number of thiazole rings is 1. The van der Waals surface area contributed by atoms with Crippen molar-refractivity contribution in [1.29, 1.82) is 0 Å². The van der Waals surface area contributed by atoms with Gasteiger partial charge in [-0.3, -0.25) is 0 Å². The molecule has 2 aliphatic rings. The lowest BCUT2D eigenvalue weighted by Crippen LogP contribution is -2.46. The van der Waals surface area contributed by atoms with Crippen LogP contribution < -0.4 is 5.32 Å². The summed E-state index contributed by atoms with van der Waals surface area (Å²) < 4.78 is 0. The van der Waals surface area contributed by atoms with Crippen molar-refractivity contribution in [2.24, 2.45) is 11.3 Å². The average Bonchev–Trinajstić information content (AvgIpc) is 2.89. The summed E-state index contributed by atoms with van der Waals surface area (Å²) in [6, 6.07) is 0.741. The Balaban J connectivity index is 1.98. The SMILES string of the molecule is Cc1csc(C2(NC3CC3)CC(C)(C)CC2C)n1. The number of hydrogen-bond acceptors (Lipinski definition) is 3. The van der Waals surface area contributed by atoms with E-state index in [1.54, 1.807) is 0 Å². The second-order valence-corrected chi connectivity index (χ2v) is 7.99. The Bertz CT molecular complexity index is 447. The third kappa shape index (κ3) is 2.12. The minimum Gasteiger partial charge on any atom is -0.302 e. The van der Waals surface area contributed by atoms with Crippen molar-refractivity contribution in [1.82, 2.24) is 10.3 Å². The van der Waals surface area contributed by atoms with Gasteiger partial charge < -0.3 is 5.32 Å². The minimum absolute atomic E-state index is 0.142. The molecular weight excluding hydrogens is 240 g/mol. The minimum atomic E-state index is 0.142. The molecular formula is C15H24N2S. The molecule has 0 radical (unpaired) electrons. The normalized spacial score (nSPS) is 35.0. The van der Waals surface area contributed by atoms with Crippen molar-refractivity contribution < 1.29 is 0 Å². The first-order valence-corrected chi connectivity index (χ1v) is 8.00. The van der Waals surface area contributed by atoms with Crippen LogP contribution in [0.2, 0.25) is 0 Å². The van der Waals surface area contributed by atoms with E-state index in [0.29, 0.717) is 11.3 Å². The predicted molar refractivity (Wildman–Crippen MR) is 76.9 cm³/mol. The number of nitrogens with zero attached hydrogens (tertiary/aromatic N) is 1. The van der Waals surface area contributed by atoms with Crippen molar-refractivity contribution in [3.05, 3.63) is 16.1 Å². The number of aryl methyl sites for hydroxylation is 1. The molecule has 2 unspecified atom stereocenters. The van der Waals surface area contributed by atoms with Gasteiger partial charge in [0, 0.05) is 17.1 Å². The molecule has 1 aromatic heterocycles. The average molecular weight is 264 g/mol. The molecule has 18 heavy (non-hydrogen) atoms. The van der Waals surface area contributed by atoms with Gasteiger partial charge in [-0.25, -0.2) is 4.98 Å². The summed E-state index contributed by atoms with van der Waals surface area (Å²) in [6.07, 6.45) is 5.22. The molecule has 2 saturated carbocycles. The van der Waals surface area contributed by atoms with E-state index in [-0.39, 0.29) is 5.54 Å². The summed E-state index contributed by atoms with van der Waals surface area (Å²) in [4.78, 5) is 4.82. The monoisotopic (exact) mass is 264 g/mol. The van der Waals surface area contributed by atoms with E-state index >= 15 is 0 Å². The van der Waals surface area contributed by atoms with Crippen LogP contribution in [0.5, 0.6) is 0 Å². The van der Waals surface area contributed by atoms with Crippen molar-refractivity contribution in [2.45, 2.75) is 65.0 Å². The molecule has 0 aliphatic heterocycles. The number of rotatable bonds is 3. The van der Waals surface area contributed by atoms with Gasteiger partial charge in [-0.1, -0.05) is 20.8 Å². The summed E-state index contributed by atoms with van der Waals surface area (Å²) in [5.74, 6) is 0.679. The van der Waals surface area contributed by atoms with E-state index in [0.717, 1.165) is 6.04 Å². The van der Waals surface area contributed by atoms with Crippen molar-refractivity contribution in [3.63, 3.8) is 0 Å². The zero-order chi connectivity index (χ0) is 13.0. The van der Waals surface area contributed by atoms with Gasteiger partial charge in [0.25, 0.3) is 0 Å². The molecule has 2 nitrogen and oxygen atoms in total. The second-order valence-electron chi connectivity index (χ2n) is 7.13. The zero-order valence-electron chi connectivity index (χ0n) is 11.9. The van der Waals surface area contributed by atoms with Gasteiger partial charge in [0.2, 0.25) is 0 Å². The maximum absolute atomic E-state index is 4.82. The molecule has 0 saturated heterocycles. The third-order valence-corrected chi connectivity index (χ3v) is 5.63. The highest BCUT2D eigenvalue weighted by Gasteiger charge is 2.52. The summed E-state index contributed by atoms with van der Waals surface area (Å²) in [6.45, 7) is 9.32. The summed E-state index contributed by atoms with van der Waals surface area (Å²) in [7, 11) is 0. The molecule has 0 amide bonds. The summed E-state index contributed by atoms with van der Waals surface area (Å²) in [5.41, 5.74) is 1.74. The molecule has 0 aromatic carbocycles. The Hall–Kier alpha value is -0.410. The number of hydrogen-bond donors (Lipinski definition) is 1. The van der Waals surface area contributed by atoms with Gasteiger partial charge in [-0.2, -0.15) is 0 Å². The van der Waals surface area contributed by atoms with Crippen LogP contribution >= 0.6 is 11.3 Å². The quantitative estimate of drug-likeness (QED) is 0.897. The van der Waals surface area contributed by atoms with Crippen molar-refractivity contribution in [3.8, 4) is 0 Å². The maximum Gasteiger partial charge on any atom is 0.113 e. The standard InChI is InChI=1S/C15H24N2S/c1-10-7-14(3,4)9-15(10,17-12-5-6-12)13-16-11(2)8-18-13/h8,10,12,17H,5-7,9H2,1-4H3. The smallest absolute Gasteiger partial charge is 0.113 e. The molecule has 1 N–H and O–H groups in total.